The number of primary amides is 1. The minimum atomic E-state index is -0.477. The Kier molecular flexibility index (Phi) is 6.66. The molecule has 1 fully saturated rings. The van der Waals surface area contributed by atoms with Gasteiger partial charge in [0.05, 0.1) is 6.04 Å². The molecular weight excluding hydrogens is 282 g/mol. The summed E-state index contributed by atoms with van der Waals surface area (Å²) in [7, 11) is 0. The van der Waals surface area contributed by atoms with Crippen LogP contribution in [0.25, 0.3) is 0 Å². The number of alkyl carbamates (subject to hydrolysis) is 1. The van der Waals surface area contributed by atoms with E-state index in [-0.39, 0.29) is 36.0 Å². The Hall–Kier alpha value is -1.30. The number of nitrogens with one attached hydrogen (secondary N) is 2. The Bertz CT molecular complexity index is 383. The first-order valence-corrected chi connectivity index (χ1v) is 8.13. The van der Waals surface area contributed by atoms with Crippen LogP contribution < -0.4 is 16.4 Å². The van der Waals surface area contributed by atoms with Gasteiger partial charge in [-0.2, -0.15) is 0 Å². The zero-order valence-corrected chi connectivity index (χ0v) is 14.4. The van der Waals surface area contributed by atoms with Crippen molar-refractivity contribution < 1.29 is 14.3 Å². The van der Waals surface area contributed by atoms with Crippen LogP contribution in [0.4, 0.5) is 4.79 Å². The third-order valence-electron chi connectivity index (χ3n) is 3.84. The van der Waals surface area contributed by atoms with Gasteiger partial charge >= 0.3 is 6.09 Å². The third kappa shape index (κ3) is 6.64. The molecule has 1 aliphatic carbocycles. The van der Waals surface area contributed by atoms with Gasteiger partial charge in [0.2, 0.25) is 5.91 Å². The third-order valence-corrected chi connectivity index (χ3v) is 3.84. The molecule has 0 bridgehead atoms. The first-order chi connectivity index (χ1) is 10.1. The van der Waals surface area contributed by atoms with Gasteiger partial charge in [-0.1, -0.05) is 13.8 Å². The average molecular weight is 313 g/mol. The van der Waals surface area contributed by atoms with Gasteiger partial charge in [-0.05, 0) is 52.4 Å². The number of rotatable bonds is 5. The van der Waals surface area contributed by atoms with E-state index in [1.807, 2.05) is 34.6 Å². The fraction of sp³-hybridized carbons (Fsp3) is 0.875. The van der Waals surface area contributed by atoms with Crippen LogP contribution in [0, 0.1) is 5.92 Å². The van der Waals surface area contributed by atoms with Gasteiger partial charge in [0.15, 0.2) is 0 Å². The van der Waals surface area contributed by atoms with Gasteiger partial charge < -0.3 is 21.1 Å². The topological polar surface area (TPSA) is 93.4 Å². The van der Waals surface area contributed by atoms with Crippen LogP contribution in [0.1, 0.15) is 60.3 Å². The highest BCUT2D eigenvalue weighted by molar-refractivity contribution is 5.80. The summed E-state index contributed by atoms with van der Waals surface area (Å²) < 4.78 is 5.27. The van der Waals surface area contributed by atoms with Crippen LogP contribution in [-0.4, -0.2) is 35.7 Å². The van der Waals surface area contributed by atoms with Crippen LogP contribution >= 0.6 is 0 Å². The van der Waals surface area contributed by atoms with Crippen LogP contribution in [0.2, 0.25) is 0 Å². The van der Waals surface area contributed by atoms with Gasteiger partial charge in [-0.15, -0.1) is 0 Å². The van der Waals surface area contributed by atoms with E-state index in [9.17, 15) is 9.59 Å². The van der Waals surface area contributed by atoms with Gasteiger partial charge in [0.1, 0.15) is 5.60 Å². The molecule has 0 aromatic carbocycles. The quantitative estimate of drug-likeness (QED) is 0.723. The summed E-state index contributed by atoms with van der Waals surface area (Å²) >= 11 is 0. The summed E-state index contributed by atoms with van der Waals surface area (Å²) in [5, 5.41) is 6.26. The monoisotopic (exact) mass is 313 g/mol. The predicted molar refractivity (Wildman–Crippen MR) is 86.4 cm³/mol. The molecule has 4 N–H and O–H groups in total. The summed E-state index contributed by atoms with van der Waals surface area (Å²) in [4.78, 5) is 23.2. The van der Waals surface area contributed by atoms with E-state index in [1.54, 1.807) is 0 Å². The fourth-order valence-corrected chi connectivity index (χ4v) is 2.74. The van der Waals surface area contributed by atoms with Crippen molar-refractivity contribution in [2.45, 2.75) is 84.0 Å². The molecule has 6 nitrogen and oxygen atoms in total. The smallest absolute Gasteiger partial charge is 0.407 e. The molecule has 0 aliphatic heterocycles. The first-order valence-electron chi connectivity index (χ1n) is 8.13. The summed E-state index contributed by atoms with van der Waals surface area (Å²) in [6, 6.07) is 0.121. The van der Waals surface area contributed by atoms with E-state index in [1.165, 1.54) is 0 Å². The maximum Gasteiger partial charge on any atom is 0.407 e. The van der Waals surface area contributed by atoms with Gasteiger partial charge in [-0.25, -0.2) is 4.79 Å². The number of carbonyl (C=O) groups is 2. The molecule has 0 spiro atoms. The number of nitrogens with two attached hydrogens (primary N) is 1. The molecule has 0 heterocycles. The van der Waals surface area contributed by atoms with Crippen molar-refractivity contribution in [1.29, 1.82) is 0 Å². The molecule has 1 saturated carbocycles. The molecule has 1 aliphatic rings. The fourth-order valence-electron chi connectivity index (χ4n) is 2.74. The lowest BCUT2D eigenvalue weighted by atomic mass is 9.89. The Morgan fingerprint density at radius 2 is 1.59 bits per heavy atom. The SMILES string of the molecule is CC(C)C(NC1CCC(NC(=O)OC(C)(C)C)CC1)C(N)=O. The van der Waals surface area contributed by atoms with Crippen LogP contribution in [0.3, 0.4) is 0 Å². The molecule has 128 valence electrons. The Morgan fingerprint density at radius 3 is 2.00 bits per heavy atom. The number of hydrogen-bond acceptors (Lipinski definition) is 4. The summed E-state index contributed by atoms with van der Waals surface area (Å²) in [5.74, 6) is -0.126. The molecule has 0 aromatic rings. The number of amides is 2. The Balaban J connectivity index is 2.37. The predicted octanol–water partition coefficient (Wildman–Crippen LogP) is 1.92. The highest BCUT2D eigenvalue weighted by Gasteiger charge is 2.28. The lowest BCUT2D eigenvalue weighted by molar-refractivity contribution is -0.121. The minimum absolute atomic E-state index is 0.138. The van der Waals surface area contributed by atoms with Crippen LogP contribution in [0.5, 0.6) is 0 Å². The Labute approximate surface area is 133 Å². The zero-order valence-electron chi connectivity index (χ0n) is 14.4. The van der Waals surface area contributed by atoms with Crippen LogP contribution in [0.15, 0.2) is 0 Å². The highest BCUT2D eigenvalue weighted by atomic mass is 16.6. The first kappa shape index (κ1) is 18.7. The molecule has 6 heteroatoms. The van der Waals surface area contributed by atoms with Crippen molar-refractivity contribution in [2.75, 3.05) is 0 Å². The normalized spacial score (nSPS) is 23.9. The Morgan fingerprint density at radius 1 is 1.09 bits per heavy atom. The summed E-state index contributed by atoms with van der Waals surface area (Å²) in [5.41, 5.74) is 4.95. The van der Waals surface area contributed by atoms with Crippen molar-refractivity contribution in [3.05, 3.63) is 0 Å². The molecule has 1 unspecified atom stereocenters. The highest BCUT2D eigenvalue weighted by Crippen LogP contribution is 2.20. The number of ether oxygens (including phenoxy) is 1. The number of hydrogen-bond donors (Lipinski definition) is 3. The lowest BCUT2D eigenvalue weighted by Crippen LogP contribution is -2.51. The van der Waals surface area contributed by atoms with E-state index < -0.39 is 5.60 Å². The summed E-state index contributed by atoms with van der Waals surface area (Å²) in [6.07, 6.45) is 3.22. The van der Waals surface area contributed by atoms with Crippen molar-refractivity contribution in [1.82, 2.24) is 10.6 Å². The molecule has 0 saturated heterocycles. The zero-order chi connectivity index (χ0) is 16.9. The molecule has 2 amide bonds. The standard InChI is InChI=1S/C16H31N3O3/c1-10(2)13(14(17)20)18-11-6-8-12(9-7-11)19-15(21)22-16(3,4)5/h10-13,18H,6-9H2,1-5H3,(H2,17,20)(H,19,21). The second kappa shape index (κ2) is 7.81. The van der Waals surface area contributed by atoms with Crippen molar-refractivity contribution in [2.24, 2.45) is 11.7 Å². The second-order valence-corrected chi connectivity index (χ2v) is 7.49. The van der Waals surface area contributed by atoms with Gasteiger partial charge in [0.25, 0.3) is 0 Å². The van der Waals surface area contributed by atoms with E-state index in [0.717, 1.165) is 25.7 Å². The van der Waals surface area contributed by atoms with E-state index in [2.05, 4.69) is 10.6 Å². The van der Waals surface area contributed by atoms with Crippen molar-refractivity contribution in [3.63, 3.8) is 0 Å². The van der Waals surface area contributed by atoms with Gasteiger partial charge in [-0.3, -0.25) is 4.79 Å². The average Bonchev–Trinajstić information content (AvgIpc) is 2.34. The van der Waals surface area contributed by atoms with Crippen molar-refractivity contribution >= 4 is 12.0 Å². The van der Waals surface area contributed by atoms with E-state index >= 15 is 0 Å². The molecule has 0 aromatic heterocycles. The van der Waals surface area contributed by atoms with E-state index in [0.29, 0.717) is 0 Å². The van der Waals surface area contributed by atoms with Gasteiger partial charge in [0, 0.05) is 12.1 Å². The van der Waals surface area contributed by atoms with E-state index in [4.69, 9.17) is 10.5 Å². The summed E-state index contributed by atoms with van der Waals surface area (Å²) in [6.45, 7) is 9.52. The molecule has 22 heavy (non-hydrogen) atoms. The maximum atomic E-state index is 11.8. The lowest BCUT2D eigenvalue weighted by Gasteiger charge is -2.33. The maximum absolute atomic E-state index is 11.8. The molecule has 1 atom stereocenters. The van der Waals surface area contributed by atoms with Crippen LogP contribution in [-0.2, 0) is 9.53 Å². The minimum Gasteiger partial charge on any atom is -0.444 e. The number of carbonyl (C=O) groups excluding carboxylic acids is 2. The molecular formula is C16H31N3O3. The molecule has 1 rings (SSSR count). The largest absolute Gasteiger partial charge is 0.444 e. The second-order valence-electron chi connectivity index (χ2n) is 7.49. The van der Waals surface area contributed by atoms with Crippen molar-refractivity contribution in [3.8, 4) is 0 Å². The molecule has 0 radical (unpaired) electrons.